The molecule has 0 aliphatic carbocycles. The lowest BCUT2D eigenvalue weighted by Crippen LogP contribution is -2.47. The normalized spacial score (nSPS) is 23.8. The Kier molecular flexibility index (Phi) is 4.80. The molecule has 1 aromatic rings. The molecule has 1 aliphatic heterocycles. The number of nitrogens with two attached hydrogens (primary N) is 1. The zero-order valence-corrected chi connectivity index (χ0v) is 12.3. The van der Waals surface area contributed by atoms with E-state index in [9.17, 15) is 4.79 Å². The Bertz CT molecular complexity index is 472. The fourth-order valence-corrected chi connectivity index (χ4v) is 2.60. The van der Waals surface area contributed by atoms with Gasteiger partial charge in [-0.25, -0.2) is 5.84 Å². The van der Waals surface area contributed by atoms with Gasteiger partial charge < -0.3 is 9.15 Å². The largest absolute Gasteiger partial charge is 0.454 e. The fraction of sp³-hybridized carbons (Fsp3) is 0.643. The SMILES string of the molecule is CCC1COC(C)CN1Cc1cc(C)c(C(=O)NN)o1. The first kappa shape index (κ1) is 15.0. The molecule has 1 saturated heterocycles. The van der Waals surface area contributed by atoms with Crippen LogP contribution in [0.15, 0.2) is 10.5 Å². The standard InChI is InChI=1S/C14H23N3O3/c1-4-11-8-19-10(3)6-17(11)7-12-5-9(2)13(20-12)14(18)16-15/h5,10-11H,4,6-8,15H2,1-3H3,(H,16,18). The van der Waals surface area contributed by atoms with Crippen molar-refractivity contribution in [2.75, 3.05) is 13.2 Å². The first-order valence-corrected chi connectivity index (χ1v) is 7.01. The lowest BCUT2D eigenvalue weighted by molar-refractivity contribution is -0.0611. The molecule has 2 heterocycles. The van der Waals surface area contributed by atoms with Gasteiger partial charge in [0.2, 0.25) is 0 Å². The maximum absolute atomic E-state index is 11.5. The van der Waals surface area contributed by atoms with Crippen molar-refractivity contribution in [3.05, 3.63) is 23.2 Å². The van der Waals surface area contributed by atoms with Crippen LogP contribution in [0.1, 0.15) is 42.1 Å². The van der Waals surface area contributed by atoms with E-state index in [4.69, 9.17) is 15.0 Å². The summed E-state index contributed by atoms with van der Waals surface area (Å²) in [5.74, 6) is 5.82. The van der Waals surface area contributed by atoms with E-state index in [1.54, 1.807) is 0 Å². The number of nitrogens with one attached hydrogen (secondary N) is 1. The van der Waals surface area contributed by atoms with Crippen molar-refractivity contribution >= 4 is 5.91 Å². The van der Waals surface area contributed by atoms with Gasteiger partial charge in [0.1, 0.15) is 5.76 Å². The van der Waals surface area contributed by atoms with Gasteiger partial charge in [-0.05, 0) is 26.3 Å². The van der Waals surface area contributed by atoms with Crippen molar-refractivity contribution < 1.29 is 13.9 Å². The van der Waals surface area contributed by atoms with E-state index in [0.29, 0.717) is 12.6 Å². The molecular formula is C14H23N3O3. The van der Waals surface area contributed by atoms with E-state index in [0.717, 1.165) is 30.9 Å². The number of aryl methyl sites for hydroxylation is 1. The Labute approximate surface area is 119 Å². The summed E-state index contributed by atoms with van der Waals surface area (Å²) < 4.78 is 11.3. The number of hydrazine groups is 1. The second-order valence-electron chi connectivity index (χ2n) is 5.33. The highest BCUT2D eigenvalue weighted by atomic mass is 16.5. The Morgan fingerprint density at radius 3 is 3.00 bits per heavy atom. The van der Waals surface area contributed by atoms with Crippen LogP contribution >= 0.6 is 0 Å². The number of amides is 1. The Morgan fingerprint density at radius 1 is 1.60 bits per heavy atom. The van der Waals surface area contributed by atoms with Crippen molar-refractivity contribution in [2.45, 2.75) is 45.9 Å². The number of hydrogen-bond acceptors (Lipinski definition) is 5. The predicted octanol–water partition coefficient (Wildman–Crippen LogP) is 1.19. The van der Waals surface area contributed by atoms with Crippen LogP contribution < -0.4 is 11.3 Å². The van der Waals surface area contributed by atoms with Gasteiger partial charge in [0.15, 0.2) is 5.76 Å². The third kappa shape index (κ3) is 3.20. The van der Waals surface area contributed by atoms with Gasteiger partial charge in [-0.1, -0.05) is 6.92 Å². The first-order valence-electron chi connectivity index (χ1n) is 7.01. The maximum atomic E-state index is 11.5. The number of furan rings is 1. The van der Waals surface area contributed by atoms with Gasteiger partial charge in [0, 0.05) is 18.2 Å². The van der Waals surface area contributed by atoms with Gasteiger partial charge in [-0.15, -0.1) is 0 Å². The second-order valence-corrected chi connectivity index (χ2v) is 5.33. The van der Waals surface area contributed by atoms with Crippen molar-refractivity contribution in [2.24, 2.45) is 5.84 Å². The number of carbonyl (C=O) groups is 1. The number of nitrogens with zero attached hydrogens (tertiary/aromatic N) is 1. The zero-order chi connectivity index (χ0) is 14.7. The minimum absolute atomic E-state index is 0.223. The highest BCUT2D eigenvalue weighted by Crippen LogP contribution is 2.21. The highest BCUT2D eigenvalue weighted by Gasteiger charge is 2.27. The number of hydrogen-bond donors (Lipinski definition) is 2. The minimum atomic E-state index is -0.392. The van der Waals surface area contributed by atoms with Gasteiger partial charge >= 0.3 is 5.91 Å². The first-order chi connectivity index (χ1) is 9.55. The predicted molar refractivity (Wildman–Crippen MR) is 75.0 cm³/mol. The molecule has 0 radical (unpaired) electrons. The summed E-state index contributed by atoms with van der Waals surface area (Å²) in [6.07, 6.45) is 1.25. The molecule has 0 bridgehead atoms. The van der Waals surface area contributed by atoms with E-state index in [-0.39, 0.29) is 11.9 Å². The van der Waals surface area contributed by atoms with Gasteiger partial charge in [0.25, 0.3) is 0 Å². The van der Waals surface area contributed by atoms with E-state index >= 15 is 0 Å². The molecule has 112 valence electrons. The molecule has 2 unspecified atom stereocenters. The number of morpholine rings is 1. The Morgan fingerprint density at radius 2 is 2.35 bits per heavy atom. The number of carbonyl (C=O) groups excluding carboxylic acids is 1. The quantitative estimate of drug-likeness (QED) is 0.492. The fourth-order valence-electron chi connectivity index (χ4n) is 2.60. The second kappa shape index (κ2) is 6.39. The number of nitrogen functional groups attached to an aromatic ring is 1. The van der Waals surface area contributed by atoms with E-state index in [2.05, 4.69) is 24.2 Å². The molecule has 0 spiro atoms. The van der Waals surface area contributed by atoms with Crippen LogP contribution in [0.5, 0.6) is 0 Å². The third-order valence-electron chi connectivity index (χ3n) is 3.72. The number of ether oxygens (including phenoxy) is 1. The summed E-state index contributed by atoms with van der Waals surface area (Å²) in [6, 6.07) is 2.29. The van der Waals surface area contributed by atoms with Crippen LogP contribution in [-0.4, -0.2) is 36.1 Å². The molecule has 20 heavy (non-hydrogen) atoms. The third-order valence-corrected chi connectivity index (χ3v) is 3.72. The molecule has 2 rings (SSSR count). The molecule has 2 atom stereocenters. The van der Waals surface area contributed by atoms with Crippen LogP contribution in [0.3, 0.4) is 0 Å². The van der Waals surface area contributed by atoms with Crippen LogP contribution in [0.25, 0.3) is 0 Å². The van der Waals surface area contributed by atoms with Crippen LogP contribution in [0, 0.1) is 6.92 Å². The molecule has 1 amide bonds. The van der Waals surface area contributed by atoms with Crippen molar-refractivity contribution in [3.8, 4) is 0 Å². The van der Waals surface area contributed by atoms with Crippen LogP contribution in [0.4, 0.5) is 0 Å². The summed E-state index contributed by atoms with van der Waals surface area (Å²) in [4.78, 5) is 13.9. The summed E-state index contributed by atoms with van der Waals surface area (Å²) in [7, 11) is 0. The van der Waals surface area contributed by atoms with Crippen molar-refractivity contribution in [1.82, 2.24) is 10.3 Å². The summed E-state index contributed by atoms with van der Waals surface area (Å²) in [5.41, 5.74) is 2.90. The molecule has 1 aliphatic rings. The molecule has 3 N–H and O–H groups in total. The van der Waals surface area contributed by atoms with Crippen LogP contribution in [0.2, 0.25) is 0 Å². The molecular weight excluding hydrogens is 258 g/mol. The van der Waals surface area contributed by atoms with Crippen molar-refractivity contribution in [1.29, 1.82) is 0 Å². The summed E-state index contributed by atoms with van der Waals surface area (Å²) in [5, 5.41) is 0. The summed E-state index contributed by atoms with van der Waals surface area (Å²) >= 11 is 0. The minimum Gasteiger partial charge on any atom is -0.454 e. The van der Waals surface area contributed by atoms with Gasteiger partial charge in [0.05, 0.1) is 19.3 Å². The monoisotopic (exact) mass is 281 g/mol. The average Bonchev–Trinajstić information content (AvgIpc) is 2.79. The van der Waals surface area contributed by atoms with Crippen molar-refractivity contribution in [3.63, 3.8) is 0 Å². The lowest BCUT2D eigenvalue weighted by Gasteiger charge is -2.37. The van der Waals surface area contributed by atoms with E-state index in [1.807, 2.05) is 13.0 Å². The maximum Gasteiger partial charge on any atom is 0.301 e. The molecule has 6 heteroatoms. The molecule has 6 nitrogen and oxygen atoms in total. The Hall–Kier alpha value is -1.37. The molecule has 1 fully saturated rings. The smallest absolute Gasteiger partial charge is 0.301 e. The lowest BCUT2D eigenvalue weighted by atomic mass is 10.1. The summed E-state index contributed by atoms with van der Waals surface area (Å²) in [6.45, 7) is 8.36. The highest BCUT2D eigenvalue weighted by molar-refractivity contribution is 5.92. The molecule has 1 aromatic heterocycles. The zero-order valence-electron chi connectivity index (χ0n) is 12.3. The van der Waals surface area contributed by atoms with Gasteiger partial charge in [-0.3, -0.25) is 15.1 Å². The van der Waals surface area contributed by atoms with Crippen LogP contribution in [-0.2, 0) is 11.3 Å². The molecule has 0 saturated carbocycles. The average molecular weight is 281 g/mol. The van der Waals surface area contributed by atoms with Gasteiger partial charge in [-0.2, -0.15) is 0 Å². The van der Waals surface area contributed by atoms with E-state index in [1.165, 1.54) is 0 Å². The van der Waals surface area contributed by atoms with E-state index < -0.39 is 5.91 Å². The Balaban J connectivity index is 2.10. The number of rotatable bonds is 4. The molecule has 0 aromatic carbocycles. The topological polar surface area (TPSA) is 80.7 Å².